The predicted molar refractivity (Wildman–Crippen MR) is 59.2 cm³/mol. The number of nitriles is 1. The quantitative estimate of drug-likeness (QED) is 0.823. The summed E-state index contributed by atoms with van der Waals surface area (Å²) in [5.41, 5.74) is 4.03. The third-order valence-electron chi connectivity index (χ3n) is 3.36. The van der Waals surface area contributed by atoms with E-state index in [4.69, 9.17) is 10.4 Å². The van der Waals surface area contributed by atoms with Gasteiger partial charge in [-0.05, 0) is 48.4 Å². The summed E-state index contributed by atoms with van der Waals surface area (Å²) >= 11 is 0. The fourth-order valence-electron chi connectivity index (χ4n) is 2.51. The minimum Gasteiger partial charge on any atom is -0.481 e. The molecule has 3 heteroatoms. The van der Waals surface area contributed by atoms with Gasteiger partial charge in [0.1, 0.15) is 0 Å². The fraction of sp³-hybridized carbons (Fsp3) is 0.385. The molecule has 0 bridgehead atoms. The molecule has 0 heterocycles. The first-order valence-electron chi connectivity index (χ1n) is 5.37. The van der Waals surface area contributed by atoms with Gasteiger partial charge in [-0.3, -0.25) is 4.79 Å². The van der Waals surface area contributed by atoms with Crippen molar-refractivity contribution < 1.29 is 9.90 Å². The second-order valence-electron chi connectivity index (χ2n) is 4.25. The standard InChI is InChI=1S/C13H13NO2/c1-8-10(7-14)3-5-12-9(6-13(15)16)2-4-11(8)12/h3,5,9H,2,4,6H2,1H3,(H,15,16)/t9-/m1/s1. The van der Waals surface area contributed by atoms with Gasteiger partial charge in [-0.15, -0.1) is 0 Å². The van der Waals surface area contributed by atoms with Gasteiger partial charge < -0.3 is 5.11 Å². The molecule has 0 spiro atoms. The Labute approximate surface area is 94.3 Å². The average Bonchev–Trinajstić information content (AvgIpc) is 2.62. The second kappa shape index (κ2) is 3.97. The van der Waals surface area contributed by atoms with Gasteiger partial charge in [0, 0.05) is 0 Å². The minimum absolute atomic E-state index is 0.124. The van der Waals surface area contributed by atoms with E-state index in [9.17, 15) is 4.79 Å². The highest BCUT2D eigenvalue weighted by atomic mass is 16.4. The molecule has 0 saturated carbocycles. The summed E-state index contributed by atoms with van der Waals surface area (Å²) in [6, 6.07) is 5.88. The van der Waals surface area contributed by atoms with Crippen molar-refractivity contribution in [3.8, 4) is 6.07 Å². The van der Waals surface area contributed by atoms with Crippen LogP contribution in [-0.2, 0) is 11.2 Å². The lowest BCUT2D eigenvalue weighted by Crippen LogP contribution is -2.03. The van der Waals surface area contributed by atoms with Crippen LogP contribution < -0.4 is 0 Å². The van der Waals surface area contributed by atoms with Gasteiger partial charge in [0.15, 0.2) is 0 Å². The number of carboxylic acids is 1. The maximum atomic E-state index is 10.7. The third kappa shape index (κ3) is 1.67. The molecular formula is C13H13NO2. The zero-order valence-corrected chi connectivity index (χ0v) is 9.16. The summed E-state index contributed by atoms with van der Waals surface area (Å²) < 4.78 is 0. The lowest BCUT2D eigenvalue weighted by atomic mass is 9.94. The van der Waals surface area contributed by atoms with E-state index in [0.29, 0.717) is 5.56 Å². The van der Waals surface area contributed by atoms with Crippen LogP contribution in [-0.4, -0.2) is 11.1 Å². The molecule has 0 aromatic heterocycles. The molecule has 0 radical (unpaired) electrons. The monoisotopic (exact) mass is 215 g/mol. The largest absolute Gasteiger partial charge is 0.481 e. The number of hydrogen-bond acceptors (Lipinski definition) is 2. The molecule has 0 saturated heterocycles. The van der Waals surface area contributed by atoms with E-state index in [2.05, 4.69) is 6.07 Å². The maximum absolute atomic E-state index is 10.7. The Morgan fingerprint density at radius 2 is 2.38 bits per heavy atom. The third-order valence-corrected chi connectivity index (χ3v) is 3.36. The van der Waals surface area contributed by atoms with Gasteiger partial charge in [-0.2, -0.15) is 5.26 Å². The number of benzene rings is 1. The molecule has 1 aliphatic rings. The van der Waals surface area contributed by atoms with Gasteiger partial charge in [0.25, 0.3) is 0 Å². The molecule has 1 aliphatic carbocycles. The van der Waals surface area contributed by atoms with E-state index in [1.54, 1.807) is 6.07 Å². The Hall–Kier alpha value is -1.82. The first-order chi connectivity index (χ1) is 7.63. The summed E-state index contributed by atoms with van der Waals surface area (Å²) in [6.07, 6.45) is 1.98. The Morgan fingerprint density at radius 3 is 3.00 bits per heavy atom. The van der Waals surface area contributed by atoms with Crippen LogP contribution >= 0.6 is 0 Å². The predicted octanol–water partition coefficient (Wildman–Crippen LogP) is 2.37. The van der Waals surface area contributed by atoms with Crippen molar-refractivity contribution in [2.75, 3.05) is 0 Å². The van der Waals surface area contributed by atoms with Crippen molar-refractivity contribution in [1.82, 2.24) is 0 Å². The minimum atomic E-state index is -0.750. The molecule has 3 nitrogen and oxygen atoms in total. The number of carboxylic acid groups (broad SMARTS) is 1. The smallest absolute Gasteiger partial charge is 0.303 e. The molecule has 1 aromatic carbocycles. The summed E-state index contributed by atoms with van der Waals surface area (Å²) in [5.74, 6) is -0.626. The maximum Gasteiger partial charge on any atom is 0.303 e. The number of carbonyl (C=O) groups is 1. The zero-order chi connectivity index (χ0) is 11.7. The highest BCUT2D eigenvalue weighted by Crippen LogP contribution is 2.37. The van der Waals surface area contributed by atoms with E-state index in [-0.39, 0.29) is 12.3 Å². The van der Waals surface area contributed by atoms with Crippen LogP contribution in [0, 0.1) is 18.3 Å². The van der Waals surface area contributed by atoms with E-state index in [1.165, 1.54) is 5.56 Å². The van der Waals surface area contributed by atoms with Crippen LogP contribution in [0.3, 0.4) is 0 Å². The SMILES string of the molecule is Cc1c(C#N)ccc2c1CC[C@@H]2CC(=O)O. The van der Waals surface area contributed by atoms with Crippen LogP contribution in [0.15, 0.2) is 12.1 Å². The molecule has 1 N–H and O–H groups in total. The lowest BCUT2D eigenvalue weighted by molar-refractivity contribution is -0.137. The Kier molecular flexibility index (Phi) is 2.66. The Bertz CT molecular complexity index is 485. The summed E-state index contributed by atoms with van der Waals surface area (Å²) in [7, 11) is 0. The number of aliphatic carboxylic acids is 1. The summed E-state index contributed by atoms with van der Waals surface area (Å²) in [4.78, 5) is 10.7. The van der Waals surface area contributed by atoms with Crippen LogP contribution in [0.5, 0.6) is 0 Å². The molecule has 0 aliphatic heterocycles. The molecule has 1 atom stereocenters. The normalized spacial score (nSPS) is 17.9. The van der Waals surface area contributed by atoms with Crippen LogP contribution in [0.25, 0.3) is 0 Å². The molecule has 16 heavy (non-hydrogen) atoms. The summed E-state index contributed by atoms with van der Waals surface area (Å²) in [5, 5.41) is 17.7. The van der Waals surface area contributed by atoms with Crippen LogP contribution in [0.2, 0.25) is 0 Å². The molecule has 1 aromatic rings. The van der Waals surface area contributed by atoms with E-state index in [1.807, 2.05) is 13.0 Å². The first kappa shape index (κ1) is 10.7. The second-order valence-corrected chi connectivity index (χ2v) is 4.25. The van der Waals surface area contributed by atoms with Crippen molar-refractivity contribution in [2.24, 2.45) is 0 Å². The Balaban J connectivity index is 2.39. The van der Waals surface area contributed by atoms with Crippen LogP contribution in [0.4, 0.5) is 0 Å². The number of nitrogens with zero attached hydrogens (tertiary/aromatic N) is 1. The Morgan fingerprint density at radius 1 is 1.62 bits per heavy atom. The van der Waals surface area contributed by atoms with Gasteiger partial charge in [0.05, 0.1) is 18.1 Å². The van der Waals surface area contributed by atoms with Crippen molar-refractivity contribution in [3.05, 3.63) is 34.4 Å². The first-order valence-corrected chi connectivity index (χ1v) is 5.37. The molecular weight excluding hydrogens is 202 g/mol. The van der Waals surface area contributed by atoms with Crippen LogP contribution in [0.1, 0.15) is 41.0 Å². The molecule has 0 unspecified atom stereocenters. The number of fused-ring (bicyclic) bond motifs is 1. The molecule has 2 rings (SSSR count). The van der Waals surface area contributed by atoms with Gasteiger partial charge in [-0.25, -0.2) is 0 Å². The van der Waals surface area contributed by atoms with Gasteiger partial charge >= 0.3 is 5.97 Å². The highest BCUT2D eigenvalue weighted by molar-refractivity contribution is 5.68. The highest BCUT2D eigenvalue weighted by Gasteiger charge is 2.26. The van der Waals surface area contributed by atoms with Crippen molar-refractivity contribution in [3.63, 3.8) is 0 Å². The summed E-state index contributed by atoms with van der Waals surface area (Å²) in [6.45, 7) is 1.94. The molecule has 0 amide bonds. The zero-order valence-electron chi connectivity index (χ0n) is 9.16. The fourth-order valence-corrected chi connectivity index (χ4v) is 2.51. The van der Waals surface area contributed by atoms with E-state index >= 15 is 0 Å². The average molecular weight is 215 g/mol. The lowest BCUT2D eigenvalue weighted by Gasteiger charge is -2.10. The van der Waals surface area contributed by atoms with E-state index in [0.717, 1.165) is 24.0 Å². The number of rotatable bonds is 2. The van der Waals surface area contributed by atoms with Crippen molar-refractivity contribution >= 4 is 5.97 Å². The van der Waals surface area contributed by atoms with Gasteiger partial charge in [0.2, 0.25) is 0 Å². The van der Waals surface area contributed by atoms with Crippen molar-refractivity contribution in [1.29, 1.82) is 5.26 Å². The number of hydrogen-bond donors (Lipinski definition) is 1. The van der Waals surface area contributed by atoms with Crippen molar-refractivity contribution in [2.45, 2.75) is 32.1 Å². The molecule has 82 valence electrons. The topological polar surface area (TPSA) is 61.1 Å². The molecule has 0 fully saturated rings. The van der Waals surface area contributed by atoms with E-state index < -0.39 is 5.97 Å². The van der Waals surface area contributed by atoms with Gasteiger partial charge in [-0.1, -0.05) is 6.07 Å².